The highest BCUT2D eigenvalue weighted by Crippen LogP contribution is 2.23. The summed E-state index contributed by atoms with van der Waals surface area (Å²) < 4.78 is 24.5. The number of sulfone groups is 1. The van der Waals surface area contributed by atoms with Crippen LogP contribution in [0, 0.1) is 5.41 Å². The van der Waals surface area contributed by atoms with Gasteiger partial charge in [0.25, 0.3) is 0 Å². The first-order valence-electron chi connectivity index (χ1n) is 6.60. The van der Waals surface area contributed by atoms with Gasteiger partial charge in [-0.05, 0) is 12.1 Å². The highest BCUT2D eigenvalue weighted by atomic mass is 32.2. The molecule has 0 bridgehead atoms. The molecule has 0 atom stereocenters. The SMILES string of the molecule is CC(C)(C)C(=O)Nc1nnc(CS(=O)(=O)c2ccccc2)s1. The van der Waals surface area contributed by atoms with E-state index in [0.29, 0.717) is 10.1 Å². The van der Waals surface area contributed by atoms with Gasteiger partial charge in [-0.25, -0.2) is 8.42 Å². The number of rotatable bonds is 4. The summed E-state index contributed by atoms with van der Waals surface area (Å²) >= 11 is 1.07. The lowest BCUT2D eigenvalue weighted by molar-refractivity contribution is -0.123. The molecule has 0 aliphatic heterocycles. The van der Waals surface area contributed by atoms with Crippen LogP contribution in [-0.4, -0.2) is 24.5 Å². The number of anilines is 1. The molecule has 2 aromatic rings. The fourth-order valence-electron chi connectivity index (χ4n) is 1.52. The van der Waals surface area contributed by atoms with Crippen molar-refractivity contribution in [2.45, 2.75) is 31.4 Å². The Hall–Kier alpha value is -1.80. The van der Waals surface area contributed by atoms with Gasteiger partial charge >= 0.3 is 0 Å². The Labute approximate surface area is 133 Å². The van der Waals surface area contributed by atoms with E-state index < -0.39 is 15.3 Å². The maximum absolute atomic E-state index is 12.2. The van der Waals surface area contributed by atoms with Gasteiger partial charge in [-0.15, -0.1) is 10.2 Å². The van der Waals surface area contributed by atoms with Crippen LogP contribution in [0.25, 0.3) is 0 Å². The van der Waals surface area contributed by atoms with Crippen molar-refractivity contribution in [3.63, 3.8) is 0 Å². The minimum Gasteiger partial charge on any atom is -0.300 e. The normalized spacial score (nSPS) is 12.1. The van der Waals surface area contributed by atoms with Crippen LogP contribution in [0.3, 0.4) is 0 Å². The van der Waals surface area contributed by atoms with E-state index in [2.05, 4.69) is 15.5 Å². The lowest BCUT2D eigenvalue weighted by Crippen LogP contribution is -2.27. The van der Waals surface area contributed by atoms with Crippen LogP contribution in [-0.2, 0) is 20.4 Å². The van der Waals surface area contributed by atoms with E-state index in [-0.39, 0.29) is 16.6 Å². The molecular formula is C14H17N3O3S2. The van der Waals surface area contributed by atoms with E-state index >= 15 is 0 Å². The first-order chi connectivity index (χ1) is 10.2. The molecule has 8 heteroatoms. The van der Waals surface area contributed by atoms with Gasteiger partial charge in [0.2, 0.25) is 11.0 Å². The van der Waals surface area contributed by atoms with E-state index in [4.69, 9.17) is 0 Å². The zero-order chi connectivity index (χ0) is 16.4. The molecule has 1 aromatic heterocycles. The Morgan fingerprint density at radius 3 is 2.41 bits per heavy atom. The quantitative estimate of drug-likeness (QED) is 0.924. The van der Waals surface area contributed by atoms with Crippen LogP contribution in [0.4, 0.5) is 5.13 Å². The first-order valence-corrected chi connectivity index (χ1v) is 9.07. The second kappa shape index (κ2) is 6.13. The minimum absolute atomic E-state index is 0.193. The summed E-state index contributed by atoms with van der Waals surface area (Å²) in [6.45, 7) is 5.35. The Balaban J connectivity index is 2.11. The summed E-state index contributed by atoms with van der Waals surface area (Å²) in [5.74, 6) is -0.429. The molecule has 118 valence electrons. The van der Waals surface area contributed by atoms with Crippen LogP contribution < -0.4 is 5.32 Å². The maximum atomic E-state index is 12.2. The van der Waals surface area contributed by atoms with Crippen molar-refractivity contribution in [3.05, 3.63) is 35.3 Å². The molecule has 1 heterocycles. The van der Waals surface area contributed by atoms with Crippen LogP contribution in [0.2, 0.25) is 0 Å². The van der Waals surface area contributed by atoms with Crippen LogP contribution in [0.1, 0.15) is 25.8 Å². The van der Waals surface area contributed by atoms with Crippen molar-refractivity contribution < 1.29 is 13.2 Å². The topological polar surface area (TPSA) is 89.0 Å². The van der Waals surface area contributed by atoms with Gasteiger partial charge in [-0.1, -0.05) is 50.3 Å². The summed E-state index contributed by atoms with van der Waals surface area (Å²) in [4.78, 5) is 12.1. The lowest BCUT2D eigenvalue weighted by Gasteiger charge is -2.15. The summed E-state index contributed by atoms with van der Waals surface area (Å²) in [5, 5.41) is 10.9. The van der Waals surface area contributed by atoms with Gasteiger partial charge in [0.15, 0.2) is 9.84 Å². The largest absolute Gasteiger partial charge is 0.300 e. The molecule has 0 saturated heterocycles. The van der Waals surface area contributed by atoms with Crippen molar-refractivity contribution in [2.75, 3.05) is 5.32 Å². The number of amides is 1. The second-order valence-corrected chi connectivity index (χ2v) is 8.83. The fraction of sp³-hybridized carbons (Fsp3) is 0.357. The van der Waals surface area contributed by atoms with Crippen molar-refractivity contribution >= 4 is 32.2 Å². The van der Waals surface area contributed by atoms with Gasteiger partial charge in [-0.3, -0.25) is 4.79 Å². The molecule has 6 nitrogen and oxygen atoms in total. The Kier molecular flexibility index (Phi) is 4.62. The number of carbonyl (C=O) groups is 1. The third-order valence-corrected chi connectivity index (χ3v) is 5.45. The van der Waals surface area contributed by atoms with Crippen molar-refractivity contribution in [2.24, 2.45) is 5.41 Å². The predicted molar refractivity (Wildman–Crippen MR) is 85.3 cm³/mol. The number of nitrogens with one attached hydrogen (secondary N) is 1. The van der Waals surface area contributed by atoms with Gasteiger partial charge < -0.3 is 5.32 Å². The molecule has 0 spiro atoms. The predicted octanol–water partition coefficient (Wildman–Crippen LogP) is 2.50. The number of benzene rings is 1. The molecule has 1 amide bonds. The monoisotopic (exact) mass is 339 g/mol. The molecule has 1 N–H and O–H groups in total. The maximum Gasteiger partial charge on any atom is 0.231 e. The molecule has 0 saturated carbocycles. The number of aromatic nitrogens is 2. The first kappa shape index (κ1) is 16.6. The fourth-order valence-corrected chi connectivity index (χ4v) is 3.87. The van der Waals surface area contributed by atoms with E-state index in [1.165, 1.54) is 0 Å². The van der Waals surface area contributed by atoms with Gasteiger partial charge in [0.05, 0.1) is 4.90 Å². The molecule has 0 aliphatic carbocycles. The Morgan fingerprint density at radius 1 is 1.18 bits per heavy atom. The number of carbonyl (C=O) groups excluding carboxylic acids is 1. The number of nitrogens with zero attached hydrogens (tertiary/aromatic N) is 2. The Bertz CT molecular complexity index is 762. The van der Waals surface area contributed by atoms with Crippen molar-refractivity contribution in [3.8, 4) is 0 Å². The zero-order valence-electron chi connectivity index (χ0n) is 12.5. The second-order valence-electron chi connectivity index (χ2n) is 5.78. The zero-order valence-corrected chi connectivity index (χ0v) is 14.2. The molecule has 22 heavy (non-hydrogen) atoms. The average Bonchev–Trinajstić information content (AvgIpc) is 2.85. The molecule has 2 rings (SSSR count). The molecule has 1 aromatic carbocycles. The standard InChI is InChI=1S/C14H17N3O3S2/c1-14(2,3)12(18)15-13-17-16-11(21-13)9-22(19,20)10-7-5-4-6-8-10/h4-8H,9H2,1-3H3,(H,15,17,18). The third kappa shape index (κ3) is 4.11. The summed E-state index contributed by atoms with van der Waals surface area (Å²) in [5.41, 5.74) is -0.554. The van der Waals surface area contributed by atoms with Crippen molar-refractivity contribution in [1.82, 2.24) is 10.2 Å². The molecule has 0 aliphatic rings. The number of hydrogen-bond donors (Lipinski definition) is 1. The van der Waals surface area contributed by atoms with E-state index in [1.807, 2.05) is 0 Å². The summed E-state index contributed by atoms with van der Waals surface area (Å²) in [6, 6.07) is 8.17. The highest BCUT2D eigenvalue weighted by molar-refractivity contribution is 7.90. The van der Waals surface area contributed by atoms with Gasteiger partial charge in [-0.2, -0.15) is 0 Å². The van der Waals surface area contributed by atoms with E-state index in [1.54, 1.807) is 51.1 Å². The third-order valence-electron chi connectivity index (χ3n) is 2.78. The highest BCUT2D eigenvalue weighted by Gasteiger charge is 2.23. The molecule has 0 radical (unpaired) electrons. The molecular weight excluding hydrogens is 322 g/mol. The van der Waals surface area contributed by atoms with Crippen LogP contribution in [0.15, 0.2) is 35.2 Å². The summed E-state index contributed by atoms with van der Waals surface area (Å²) in [6.07, 6.45) is 0. The summed E-state index contributed by atoms with van der Waals surface area (Å²) in [7, 11) is -3.46. The lowest BCUT2D eigenvalue weighted by atomic mass is 9.96. The average molecular weight is 339 g/mol. The smallest absolute Gasteiger partial charge is 0.231 e. The number of hydrogen-bond acceptors (Lipinski definition) is 6. The van der Waals surface area contributed by atoms with Gasteiger partial charge in [0, 0.05) is 5.41 Å². The Morgan fingerprint density at radius 2 is 1.82 bits per heavy atom. The molecule has 0 unspecified atom stereocenters. The van der Waals surface area contributed by atoms with E-state index in [9.17, 15) is 13.2 Å². The van der Waals surface area contributed by atoms with E-state index in [0.717, 1.165) is 11.3 Å². The minimum atomic E-state index is -3.46. The van der Waals surface area contributed by atoms with Crippen LogP contribution in [0.5, 0.6) is 0 Å². The van der Waals surface area contributed by atoms with Gasteiger partial charge in [0.1, 0.15) is 10.8 Å². The van der Waals surface area contributed by atoms with Crippen LogP contribution >= 0.6 is 11.3 Å². The van der Waals surface area contributed by atoms with Crippen molar-refractivity contribution in [1.29, 1.82) is 0 Å². The molecule has 0 fully saturated rings.